The monoisotopic (exact) mass is 416 g/mol. The highest BCUT2D eigenvalue weighted by Gasteiger charge is 2.46. The highest BCUT2D eigenvalue weighted by Crippen LogP contribution is 2.42. The largest absolute Gasteiger partial charge is 0.466 e. The number of benzene rings is 1. The molecule has 30 heavy (non-hydrogen) atoms. The molecule has 0 radical (unpaired) electrons. The van der Waals surface area contributed by atoms with Crippen molar-refractivity contribution < 1.29 is 23.1 Å². The SMILES string of the molecule is Cc1cc(C(=O)OC2(C(N)=O)CCC(C(c3cccc(F)c3)N(C)C)CC2)c(C)o1. The molecular weight excluding hydrogens is 387 g/mol. The van der Waals surface area contributed by atoms with Gasteiger partial charge in [0.1, 0.15) is 22.9 Å². The summed E-state index contributed by atoms with van der Waals surface area (Å²) in [7, 11) is 3.91. The lowest BCUT2D eigenvalue weighted by Gasteiger charge is -2.41. The van der Waals surface area contributed by atoms with Crippen LogP contribution in [0.15, 0.2) is 34.7 Å². The quantitative estimate of drug-likeness (QED) is 0.722. The molecule has 0 bridgehead atoms. The first-order valence-corrected chi connectivity index (χ1v) is 10.1. The Morgan fingerprint density at radius 2 is 1.90 bits per heavy atom. The van der Waals surface area contributed by atoms with Crippen molar-refractivity contribution in [2.24, 2.45) is 11.7 Å². The van der Waals surface area contributed by atoms with Crippen molar-refractivity contribution in [3.63, 3.8) is 0 Å². The molecule has 1 amide bonds. The minimum atomic E-state index is -1.34. The molecular formula is C23H29FN2O4. The molecule has 0 saturated heterocycles. The number of amides is 1. The summed E-state index contributed by atoms with van der Waals surface area (Å²) in [5.41, 5.74) is 5.54. The second-order valence-corrected chi connectivity index (χ2v) is 8.38. The zero-order valence-electron chi connectivity index (χ0n) is 17.9. The van der Waals surface area contributed by atoms with E-state index in [2.05, 4.69) is 4.90 Å². The maximum Gasteiger partial charge on any atom is 0.342 e. The number of nitrogens with two attached hydrogens (primary N) is 1. The number of furan rings is 1. The summed E-state index contributed by atoms with van der Waals surface area (Å²) in [6.45, 7) is 3.42. The Morgan fingerprint density at radius 3 is 2.40 bits per heavy atom. The standard InChI is InChI=1S/C23H29FN2O4/c1-14-12-19(15(2)29-14)21(27)30-23(22(25)28)10-8-16(9-11-23)20(26(3)4)17-6-5-7-18(24)13-17/h5-7,12-13,16,20H,8-11H2,1-4H3,(H2,25,28). The van der Waals surface area contributed by atoms with E-state index in [0.717, 1.165) is 5.56 Å². The number of halogens is 1. The summed E-state index contributed by atoms with van der Waals surface area (Å²) >= 11 is 0. The van der Waals surface area contributed by atoms with Crippen LogP contribution in [0.3, 0.4) is 0 Å². The Morgan fingerprint density at radius 1 is 1.23 bits per heavy atom. The molecule has 1 aromatic heterocycles. The van der Waals surface area contributed by atoms with Crippen molar-refractivity contribution in [2.45, 2.75) is 51.2 Å². The third kappa shape index (κ3) is 4.41. The van der Waals surface area contributed by atoms with Crippen LogP contribution in [0.25, 0.3) is 0 Å². The Labute approximate surface area is 176 Å². The smallest absolute Gasteiger partial charge is 0.342 e. The van der Waals surface area contributed by atoms with E-state index >= 15 is 0 Å². The molecule has 1 atom stereocenters. The number of nitrogens with zero attached hydrogens (tertiary/aromatic N) is 1. The molecule has 1 aliphatic carbocycles. The number of rotatable bonds is 6. The van der Waals surface area contributed by atoms with Crippen molar-refractivity contribution >= 4 is 11.9 Å². The fourth-order valence-corrected chi connectivity index (χ4v) is 4.57. The molecule has 1 aliphatic rings. The van der Waals surface area contributed by atoms with Gasteiger partial charge in [-0.1, -0.05) is 12.1 Å². The van der Waals surface area contributed by atoms with Gasteiger partial charge in [-0.2, -0.15) is 0 Å². The molecule has 2 N–H and O–H groups in total. The van der Waals surface area contributed by atoms with E-state index in [-0.39, 0.29) is 17.8 Å². The number of carbonyl (C=O) groups excluding carboxylic acids is 2. The number of esters is 1. The second-order valence-electron chi connectivity index (χ2n) is 8.38. The third-order valence-electron chi connectivity index (χ3n) is 6.03. The van der Waals surface area contributed by atoms with Gasteiger partial charge in [0.15, 0.2) is 5.60 Å². The van der Waals surface area contributed by atoms with Gasteiger partial charge in [-0.05, 0) is 83.3 Å². The van der Waals surface area contributed by atoms with Gasteiger partial charge in [-0.3, -0.25) is 4.79 Å². The number of primary amides is 1. The van der Waals surface area contributed by atoms with Crippen molar-refractivity contribution in [1.29, 1.82) is 0 Å². The summed E-state index contributed by atoms with van der Waals surface area (Å²) in [5, 5.41) is 0. The summed E-state index contributed by atoms with van der Waals surface area (Å²) in [4.78, 5) is 27.1. The van der Waals surface area contributed by atoms with Gasteiger partial charge in [0.05, 0.1) is 0 Å². The minimum Gasteiger partial charge on any atom is -0.466 e. The van der Waals surface area contributed by atoms with Gasteiger partial charge in [0, 0.05) is 6.04 Å². The van der Waals surface area contributed by atoms with E-state index < -0.39 is 17.5 Å². The highest BCUT2D eigenvalue weighted by atomic mass is 19.1. The van der Waals surface area contributed by atoms with E-state index in [1.807, 2.05) is 20.2 Å². The third-order valence-corrected chi connectivity index (χ3v) is 6.03. The lowest BCUT2D eigenvalue weighted by Crippen LogP contribution is -2.51. The first-order valence-electron chi connectivity index (χ1n) is 10.1. The van der Waals surface area contributed by atoms with Crippen molar-refractivity contribution in [1.82, 2.24) is 4.90 Å². The molecule has 1 saturated carbocycles. The molecule has 7 heteroatoms. The Hall–Kier alpha value is -2.67. The Kier molecular flexibility index (Phi) is 6.31. The molecule has 6 nitrogen and oxygen atoms in total. The van der Waals surface area contributed by atoms with E-state index in [4.69, 9.17) is 14.9 Å². The average Bonchev–Trinajstić information content (AvgIpc) is 3.01. The second kappa shape index (κ2) is 8.60. The summed E-state index contributed by atoms with van der Waals surface area (Å²) in [6, 6.07) is 8.17. The number of hydrogen-bond acceptors (Lipinski definition) is 5. The fourth-order valence-electron chi connectivity index (χ4n) is 4.57. The number of aryl methyl sites for hydroxylation is 2. The molecule has 3 rings (SSSR count). The molecule has 0 spiro atoms. The van der Waals surface area contributed by atoms with E-state index in [9.17, 15) is 14.0 Å². The summed E-state index contributed by atoms with van der Waals surface area (Å²) in [6.07, 6.45) is 1.90. The van der Waals surface area contributed by atoms with Gasteiger partial charge >= 0.3 is 5.97 Å². The van der Waals surface area contributed by atoms with E-state index in [1.54, 1.807) is 32.0 Å². The predicted octanol–water partition coefficient (Wildman–Crippen LogP) is 3.91. The molecule has 1 unspecified atom stereocenters. The van der Waals surface area contributed by atoms with Gasteiger partial charge in [-0.25, -0.2) is 9.18 Å². The lowest BCUT2D eigenvalue weighted by molar-refractivity contribution is -0.142. The van der Waals surface area contributed by atoms with Crippen LogP contribution in [0, 0.1) is 25.6 Å². The highest BCUT2D eigenvalue weighted by molar-refractivity contribution is 5.94. The molecule has 162 valence electrons. The van der Waals surface area contributed by atoms with Gasteiger partial charge < -0.3 is 19.8 Å². The Balaban J connectivity index is 1.78. The van der Waals surface area contributed by atoms with Crippen molar-refractivity contribution in [2.75, 3.05) is 14.1 Å². The molecule has 2 aromatic rings. The van der Waals surface area contributed by atoms with Crippen LogP contribution < -0.4 is 5.73 Å². The van der Waals surface area contributed by atoms with Crippen molar-refractivity contribution in [3.8, 4) is 0 Å². The van der Waals surface area contributed by atoms with Crippen LogP contribution in [0.2, 0.25) is 0 Å². The number of carbonyl (C=O) groups is 2. The van der Waals surface area contributed by atoms with E-state index in [1.165, 1.54) is 6.07 Å². The van der Waals surface area contributed by atoms with Crippen LogP contribution in [0.1, 0.15) is 59.2 Å². The van der Waals surface area contributed by atoms with Crippen LogP contribution >= 0.6 is 0 Å². The molecule has 0 aliphatic heterocycles. The number of ether oxygens (including phenoxy) is 1. The molecule has 1 aromatic carbocycles. The van der Waals surface area contributed by atoms with Gasteiger partial charge in [0.2, 0.25) is 0 Å². The molecule has 1 fully saturated rings. The average molecular weight is 416 g/mol. The Bertz CT molecular complexity index is 929. The fraction of sp³-hybridized carbons (Fsp3) is 0.478. The zero-order valence-corrected chi connectivity index (χ0v) is 17.9. The number of hydrogen-bond donors (Lipinski definition) is 1. The predicted molar refractivity (Wildman–Crippen MR) is 110 cm³/mol. The topological polar surface area (TPSA) is 85.8 Å². The van der Waals surface area contributed by atoms with Crippen LogP contribution in [0.4, 0.5) is 4.39 Å². The van der Waals surface area contributed by atoms with Gasteiger partial charge in [-0.15, -0.1) is 0 Å². The summed E-state index contributed by atoms with van der Waals surface area (Å²) in [5.74, 6) is -0.299. The maximum absolute atomic E-state index is 13.8. The lowest BCUT2D eigenvalue weighted by atomic mass is 9.73. The first-order chi connectivity index (χ1) is 14.1. The summed E-state index contributed by atoms with van der Waals surface area (Å²) < 4.78 is 24.9. The van der Waals surface area contributed by atoms with Gasteiger partial charge in [0.25, 0.3) is 5.91 Å². The van der Waals surface area contributed by atoms with E-state index in [0.29, 0.717) is 42.8 Å². The maximum atomic E-state index is 13.8. The van der Waals surface area contributed by atoms with Crippen molar-refractivity contribution in [3.05, 3.63) is 58.8 Å². The van der Waals surface area contributed by atoms with Crippen LogP contribution in [-0.2, 0) is 9.53 Å². The van der Waals surface area contributed by atoms with Crippen LogP contribution in [0.5, 0.6) is 0 Å². The minimum absolute atomic E-state index is 0.0129. The zero-order chi connectivity index (χ0) is 22.1. The first kappa shape index (κ1) is 22.0. The van der Waals surface area contributed by atoms with Crippen LogP contribution in [-0.4, -0.2) is 36.5 Å². The molecule has 1 heterocycles. The normalized spacial score (nSPS) is 22.7.